The lowest BCUT2D eigenvalue weighted by Crippen LogP contribution is -2.45. The van der Waals surface area contributed by atoms with Crippen LogP contribution in [-0.4, -0.2) is 54.3 Å². The lowest BCUT2D eigenvalue weighted by atomic mass is 10.0. The van der Waals surface area contributed by atoms with E-state index in [1.807, 2.05) is 32.9 Å². The van der Waals surface area contributed by atoms with E-state index in [2.05, 4.69) is 0 Å². The number of unbranched alkanes of at least 4 members (excludes halogenated alkanes) is 5. The molecule has 0 amide bonds. The summed E-state index contributed by atoms with van der Waals surface area (Å²) in [4.78, 5) is 24.3. The highest BCUT2D eigenvalue weighted by Gasteiger charge is 2.39. The normalized spacial score (nSPS) is 11.5. The van der Waals surface area contributed by atoms with Crippen molar-refractivity contribution in [3.05, 3.63) is 65.2 Å². The lowest BCUT2D eigenvalue weighted by Gasteiger charge is -2.28. The fourth-order valence-corrected chi connectivity index (χ4v) is 7.26. The van der Waals surface area contributed by atoms with Crippen molar-refractivity contribution in [2.24, 2.45) is 0 Å². The Hall–Kier alpha value is -2.98. The molecule has 0 atom stereocenters. The van der Waals surface area contributed by atoms with Gasteiger partial charge in [0.1, 0.15) is 0 Å². The first-order chi connectivity index (χ1) is 20.4. The van der Waals surface area contributed by atoms with E-state index < -0.39 is 20.7 Å². The molecule has 0 radical (unpaired) electrons. The van der Waals surface area contributed by atoms with Gasteiger partial charge in [-0.25, -0.2) is 9.59 Å². The summed E-state index contributed by atoms with van der Waals surface area (Å²) in [5.41, 5.74) is 2.39. The highest BCUT2D eigenvalue weighted by Crippen LogP contribution is 2.29. The fraction of sp³-hybridized carbons (Fsp3) is 0.515. The standard InChI is InChI=1S/C33H48O8Si/c1-6-37-32(34)24-20-28-19-23-30(31(26-28)36-5)41-33(35)29-21-17-27(18-22-29)16-14-12-10-11-13-15-25-42(38-7-2,39-8-3)40-9-4/h17-24,26H,6-16,25H2,1-5H3/b24-20+. The molecule has 2 aromatic rings. The number of hydrogen-bond donors (Lipinski definition) is 0. The van der Waals surface area contributed by atoms with Gasteiger partial charge in [-0.15, -0.1) is 0 Å². The van der Waals surface area contributed by atoms with Crippen LogP contribution in [0.15, 0.2) is 48.5 Å². The maximum absolute atomic E-state index is 12.7. The Morgan fingerprint density at radius 3 is 1.95 bits per heavy atom. The Morgan fingerprint density at radius 1 is 0.738 bits per heavy atom. The SMILES string of the molecule is CCOC(=O)/C=C/c1ccc(OC(=O)c2ccc(CCCCCCCC[Si](OCC)(OCC)OCC)cc2)c(OC)c1. The Morgan fingerprint density at radius 2 is 1.36 bits per heavy atom. The van der Waals surface area contributed by atoms with E-state index in [9.17, 15) is 9.59 Å². The maximum Gasteiger partial charge on any atom is 0.500 e. The topological polar surface area (TPSA) is 89.5 Å². The van der Waals surface area contributed by atoms with E-state index in [0.717, 1.165) is 37.3 Å². The molecule has 2 aromatic carbocycles. The Balaban J connectivity index is 1.75. The summed E-state index contributed by atoms with van der Waals surface area (Å²) >= 11 is 0. The van der Waals surface area contributed by atoms with Gasteiger partial charge in [-0.1, -0.05) is 43.9 Å². The zero-order valence-electron chi connectivity index (χ0n) is 25.9. The summed E-state index contributed by atoms with van der Waals surface area (Å²) in [5.74, 6) is -0.181. The molecule has 0 aliphatic rings. The van der Waals surface area contributed by atoms with Gasteiger partial charge in [-0.2, -0.15) is 0 Å². The van der Waals surface area contributed by atoms with Gasteiger partial charge in [0, 0.05) is 31.9 Å². The second-order valence-corrected chi connectivity index (χ2v) is 12.4. The minimum Gasteiger partial charge on any atom is -0.493 e. The van der Waals surface area contributed by atoms with Crippen LogP contribution in [0, 0.1) is 0 Å². The van der Waals surface area contributed by atoms with E-state index in [0.29, 0.717) is 43.5 Å². The molecule has 0 aliphatic heterocycles. The largest absolute Gasteiger partial charge is 0.500 e. The van der Waals surface area contributed by atoms with E-state index in [1.54, 1.807) is 43.3 Å². The number of ether oxygens (including phenoxy) is 3. The monoisotopic (exact) mass is 600 g/mol. The van der Waals surface area contributed by atoms with Crippen LogP contribution in [0.1, 0.15) is 87.7 Å². The van der Waals surface area contributed by atoms with Crippen LogP contribution in [0.5, 0.6) is 11.5 Å². The van der Waals surface area contributed by atoms with Gasteiger partial charge in [0.25, 0.3) is 0 Å². The minimum atomic E-state index is -2.52. The highest BCUT2D eigenvalue weighted by molar-refractivity contribution is 6.60. The molecular weight excluding hydrogens is 552 g/mol. The molecule has 0 saturated heterocycles. The second kappa shape index (κ2) is 20.0. The summed E-state index contributed by atoms with van der Waals surface area (Å²) < 4.78 is 33.7. The lowest BCUT2D eigenvalue weighted by molar-refractivity contribution is -0.137. The third-order valence-corrected chi connectivity index (χ3v) is 9.72. The quantitative estimate of drug-likeness (QED) is 0.0481. The van der Waals surface area contributed by atoms with Crippen LogP contribution in [-0.2, 0) is 29.2 Å². The number of aryl methyl sites for hydroxylation is 1. The van der Waals surface area contributed by atoms with Crippen molar-refractivity contribution in [1.29, 1.82) is 0 Å². The predicted molar refractivity (Wildman–Crippen MR) is 167 cm³/mol. The number of hydrogen-bond acceptors (Lipinski definition) is 8. The number of carbonyl (C=O) groups is 2. The van der Waals surface area contributed by atoms with Gasteiger partial charge >= 0.3 is 20.7 Å². The zero-order valence-corrected chi connectivity index (χ0v) is 26.9. The van der Waals surface area contributed by atoms with Gasteiger partial charge in [0.15, 0.2) is 11.5 Å². The Bertz CT molecular complexity index is 1080. The van der Waals surface area contributed by atoms with Gasteiger partial charge in [-0.3, -0.25) is 0 Å². The molecular formula is C33H48O8Si. The number of esters is 2. The maximum atomic E-state index is 12.7. The zero-order chi connectivity index (χ0) is 30.6. The molecule has 0 unspecified atom stereocenters. The van der Waals surface area contributed by atoms with Crippen molar-refractivity contribution in [3.63, 3.8) is 0 Å². The van der Waals surface area contributed by atoms with E-state index in [4.69, 9.17) is 27.5 Å². The van der Waals surface area contributed by atoms with Crippen molar-refractivity contribution in [3.8, 4) is 11.5 Å². The van der Waals surface area contributed by atoms with E-state index in [1.165, 1.54) is 38.0 Å². The summed E-state index contributed by atoms with van der Waals surface area (Å²) in [6.45, 7) is 9.90. The molecule has 0 fully saturated rings. The van der Waals surface area contributed by atoms with Gasteiger partial charge in [0.2, 0.25) is 0 Å². The molecule has 0 spiro atoms. The first kappa shape index (κ1) is 35.2. The molecule has 0 saturated carbocycles. The first-order valence-corrected chi connectivity index (χ1v) is 17.1. The van der Waals surface area contributed by atoms with Crippen molar-refractivity contribution in [1.82, 2.24) is 0 Å². The van der Waals surface area contributed by atoms with Crippen LogP contribution in [0.25, 0.3) is 6.08 Å². The molecule has 8 nitrogen and oxygen atoms in total. The van der Waals surface area contributed by atoms with Gasteiger partial charge in [-0.05, 0) is 88.4 Å². The summed E-state index contributed by atoms with van der Waals surface area (Å²) in [5, 5.41) is 0. The first-order valence-electron chi connectivity index (χ1n) is 15.2. The molecule has 0 aliphatic carbocycles. The number of methoxy groups -OCH3 is 1. The van der Waals surface area contributed by atoms with Crippen molar-refractivity contribution < 1.29 is 37.1 Å². The molecule has 0 bridgehead atoms. The fourth-order valence-electron chi connectivity index (χ4n) is 4.57. The molecule has 0 heterocycles. The van der Waals surface area contributed by atoms with Crippen LogP contribution < -0.4 is 9.47 Å². The van der Waals surface area contributed by atoms with Crippen LogP contribution in [0.2, 0.25) is 6.04 Å². The molecule has 0 aromatic heterocycles. The molecule has 232 valence electrons. The molecule has 2 rings (SSSR count). The average Bonchev–Trinajstić information content (AvgIpc) is 2.98. The van der Waals surface area contributed by atoms with E-state index >= 15 is 0 Å². The van der Waals surface area contributed by atoms with Crippen molar-refractivity contribution in [2.45, 2.75) is 78.7 Å². The van der Waals surface area contributed by atoms with Crippen LogP contribution in [0.3, 0.4) is 0 Å². The molecule has 0 N–H and O–H groups in total. The van der Waals surface area contributed by atoms with Crippen LogP contribution >= 0.6 is 0 Å². The van der Waals surface area contributed by atoms with Crippen molar-refractivity contribution in [2.75, 3.05) is 33.5 Å². The number of rotatable bonds is 21. The van der Waals surface area contributed by atoms with Gasteiger partial charge < -0.3 is 27.5 Å². The molecule has 42 heavy (non-hydrogen) atoms. The third-order valence-electron chi connectivity index (χ3n) is 6.57. The van der Waals surface area contributed by atoms with Crippen LogP contribution in [0.4, 0.5) is 0 Å². The summed E-state index contributed by atoms with van der Waals surface area (Å²) in [6, 6.07) is 13.5. The Labute approximate surface area is 252 Å². The smallest absolute Gasteiger partial charge is 0.493 e. The number of benzene rings is 2. The summed E-state index contributed by atoms with van der Waals surface area (Å²) in [6.07, 6.45) is 10.8. The average molecular weight is 601 g/mol. The third kappa shape index (κ3) is 12.5. The van der Waals surface area contributed by atoms with Crippen molar-refractivity contribution >= 4 is 26.8 Å². The minimum absolute atomic E-state index is 0.307. The predicted octanol–water partition coefficient (Wildman–Crippen LogP) is 7.42. The van der Waals surface area contributed by atoms with Gasteiger partial charge in [0.05, 0.1) is 19.3 Å². The number of carbonyl (C=O) groups excluding carboxylic acids is 2. The highest BCUT2D eigenvalue weighted by atomic mass is 28.4. The van der Waals surface area contributed by atoms with E-state index in [-0.39, 0.29) is 0 Å². The second-order valence-electron chi connectivity index (χ2n) is 9.69. The molecule has 9 heteroatoms. The Kier molecular flexibility index (Phi) is 16.8. The summed E-state index contributed by atoms with van der Waals surface area (Å²) in [7, 11) is -1.02.